The Labute approximate surface area is 129 Å². The van der Waals surface area contributed by atoms with Crippen LogP contribution in [0.1, 0.15) is 19.4 Å². The van der Waals surface area contributed by atoms with E-state index in [9.17, 15) is 4.79 Å². The minimum Gasteiger partial charge on any atom is -0.497 e. The molecule has 0 saturated carbocycles. The molecule has 2 rings (SSSR count). The number of thiocarbonyl (C=S) groups is 1. The van der Waals surface area contributed by atoms with Crippen LogP contribution in [0.5, 0.6) is 5.75 Å². The summed E-state index contributed by atoms with van der Waals surface area (Å²) in [6.07, 6.45) is 0.383. The van der Waals surface area contributed by atoms with Gasteiger partial charge in [0.1, 0.15) is 10.1 Å². The fraction of sp³-hybridized carbons (Fsp3) is 0.467. The Bertz CT molecular complexity index is 499. The van der Waals surface area contributed by atoms with Crippen LogP contribution in [0.15, 0.2) is 24.3 Å². The van der Waals surface area contributed by atoms with Gasteiger partial charge in [0.05, 0.1) is 13.5 Å². The van der Waals surface area contributed by atoms with Crippen molar-refractivity contribution in [1.82, 2.24) is 4.90 Å². The molecule has 0 bridgehead atoms. The quantitative estimate of drug-likeness (QED) is 0.799. The van der Waals surface area contributed by atoms with Crippen molar-refractivity contribution in [3.63, 3.8) is 0 Å². The highest BCUT2D eigenvalue weighted by atomic mass is 32.2. The molecule has 1 aliphatic rings. The molecule has 1 aromatic carbocycles. The maximum absolute atomic E-state index is 12.5. The molecule has 1 aromatic rings. The molecule has 1 amide bonds. The summed E-state index contributed by atoms with van der Waals surface area (Å²) in [5, 5.41) is 0. The molecule has 108 valence electrons. The van der Waals surface area contributed by atoms with Crippen LogP contribution in [0.3, 0.4) is 0 Å². The van der Waals surface area contributed by atoms with Crippen LogP contribution < -0.4 is 4.74 Å². The van der Waals surface area contributed by atoms with Crippen LogP contribution in [0, 0.1) is 5.92 Å². The number of thioether (sulfide) groups is 1. The summed E-state index contributed by atoms with van der Waals surface area (Å²) in [6.45, 7) is 4.26. The van der Waals surface area contributed by atoms with Crippen LogP contribution in [0.2, 0.25) is 0 Å². The predicted octanol–water partition coefficient (Wildman–Crippen LogP) is 3.12. The topological polar surface area (TPSA) is 29.5 Å². The third-order valence-electron chi connectivity index (χ3n) is 3.46. The first-order chi connectivity index (χ1) is 9.52. The fourth-order valence-corrected chi connectivity index (χ4v) is 3.88. The maximum Gasteiger partial charge on any atom is 0.232 e. The van der Waals surface area contributed by atoms with Crippen molar-refractivity contribution in [1.29, 1.82) is 0 Å². The number of ether oxygens (including phenoxy) is 1. The Kier molecular flexibility index (Phi) is 5.05. The Morgan fingerprint density at radius 1 is 1.45 bits per heavy atom. The number of hydrogen-bond acceptors (Lipinski definition) is 4. The molecule has 0 aliphatic carbocycles. The van der Waals surface area contributed by atoms with Gasteiger partial charge in [0.15, 0.2) is 0 Å². The van der Waals surface area contributed by atoms with E-state index in [-0.39, 0.29) is 11.9 Å². The van der Waals surface area contributed by atoms with Crippen molar-refractivity contribution >= 4 is 34.2 Å². The first-order valence-electron chi connectivity index (χ1n) is 6.64. The van der Waals surface area contributed by atoms with Gasteiger partial charge in [0, 0.05) is 11.8 Å². The summed E-state index contributed by atoms with van der Waals surface area (Å²) in [4.78, 5) is 14.3. The highest BCUT2D eigenvalue weighted by Gasteiger charge is 2.35. The van der Waals surface area contributed by atoms with E-state index in [2.05, 4.69) is 13.8 Å². The summed E-state index contributed by atoms with van der Waals surface area (Å²) < 4.78 is 5.83. The first kappa shape index (κ1) is 15.3. The molecule has 1 atom stereocenters. The van der Waals surface area contributed by atoms with Gasteiger partial charge >= 0.3 is 0 Å². The summed E-state index contributed by atoms with van der Waals surface area (Å²) >= 11 is 6.92. The van der Waals surface area contributed by atoms with Gasteiger partial charge in [-0.1, -0.05) is 50.0 Å². The van der Waals surface area contributed by atoms with Gasteiger partial charge in [-0.25, -0.2) is 0 Å². The van der Waals surface area contributed by atoms with Crippen LogP contribution in [0.25, 0.3) is 0 Å². The Hall–Kier alpha value is -1.07. The number of carbonyl (C=O) groups excluding carboxylic acids is 1. The standard InChI is InChI=1S/C15H19NO2S2/c1-10(2)13-9-20-15(19)16(13)14(17)8-11-4-6-12(18-3)7-5-11/h4-7,10,13H,8-9H2,1-3H3/t13-/m1/s1. The number of amides is 1. The second-order valence-electron chi connectivity index (χ2n) is 5.18. The van der Waals surface area contributed by atoms with E-state index < -0.39 is 0 Å². The largest absolute Gasteiger partial charge is 0.497 e. The van der Waals surface area contributed by atoms with Crippen LogP contribution in [-0.4, -0.2) is 34.0 Å². The lowest BCUT2D eigenvalue weighted by Gasteiger charge is -2.26. The predicted molar refractivity (Wildman–Crippen MR) is 87.2 cm³/mol. The number of methoxy groups -OCH3 is 1. The molecule has 20 heavy (non-hydrogen) atoms. The molecule has 0 radical (unpaired) electrons. The zero-order valence-electron chi connectivity index (χ0n) is 12.0. The zero-order chi connectivity index (χ0) is 14.7. The monoisotopic (exact) mass is 309 g/mol. The SMILES string of the molecule is COc1ccc(CC(=O)N2C(=S)SC[C@@H]2C(C)C)cc1. The number of carbonyl (C=O) groups is 1. The van der Waals surface area contributed by atoms with Crippen molar-refractivity contribution in [2.24, 2.45) is 5.92 Å². The Morgan fingerprint density at radius 2 is 2.10 bits per heavy atom. The summed E-state index contributed by atoms with van der Waals surface area (Å²) in [5.74, 6) is 2.21. The normalized spacial score (nSPS) is 18.7. The molecule has 3 nitrogen and oxygen atoms in total. The van der Waals surface area contributed by atoms with Crippen molar-refractivity contribution < 1.29 is 9.53 Å². The Morgan fingerprint density at radius 3 is 2.65 bits per heavy atom. The van der Waals surface area contributed by atoms with Crippen molar-refractivity contribution in [2.45, 2.75) is 26.3 Å². The maximum atomic E-state index is 12.5. The van der Waals surface area contributed by atoms with Crippen molar-refractivity contribution in [3.8, 4) is 5.75 Å². The highest BCUT2D eigenvalue weighted by molar-refractivity contribution is 8.23. The van der Waals surface area contributed by atoms with Gasteiger partial charge in [-0.15, -0.1) is 0 Å². The lowest BCUT2D eigenvalue weighted by molar-refractivity contribution is -0.128. The van der Waals surface area contributed by atoms with E-state index in [0.29, 0.717) is 16.7 Å². The molecule has 0 N–H and O–H groups in total. The van der Waals surface area contributed by atoms with Gasteiger partial charge in [-0.05, 0) is 23.6 Å². The zero-order valence-corrected chi connectivity index (χ0v) is 13.6. The highest BCUT2D eigenvalue weighted by Crippen LogP contribution is 2.29. The molecule has 1 saturated heterocycles. The minimum absolute atomic E-state index is 0.0869. The molecule has 0 spiro atoms. The van der Waals surface area contributed by atoms with Gasteiger partial charge in [-0.2, -0.15) is 0 Å². The van der Waals surface area contributed by atoms with E-state index in [1.54, 1.807) is 23.8 Å². The third kappa shape index (κ3) is 3.33. The lowest BCUT2D eigenvalue weighted by atomic mass is 10.0. The lowest BCUT2D eigenvalue weighted by Crippen LogP contribution is -2.42. The number of nitrogens with zero attached hydrogens (tertiary/aromatic N) is 1. The van der Waals surface area contributed by atoms with Crippen LogP contribution >= 0.6 is 24.0 Å². The smallest absolute Gasteiger partial charge is 0.232 e. The van der Waals surface area contributed by atoms with Crippen molar-refractivity contribution in [2.75, 3.05) is 12.9 Å². The first-order valence-corrected chi connectivity index (χ1v) is 8.04. The van der Waals surface area contributed by atoms with E-state index in [1.807, 2.05) is 24.3 Å². The minimum atomic E-state index is 0.0869. The second-order valence-corrected chi connectivity index (χ2v) is 6.83. The second kappa shape index (κ2) is 6.59. The number of benzene rings is 1. The van der Waals surface area contributed by atoms with E-state index in [1.165, 1.54) is 0 Å². The third-order valence-corrected chi connectivity index (χ3v) is 4.96. The average Bonchev–Trinajstić information content (AvgIpc) is 2.81. The fourth-order valence-electron chi connectivity index (χ4n) is 2.22. The molecule has 0 aromatic heterocycles. The van der Waals surface area contributed by atoms with Crippen molar-refractivity contribution in [3.05, 3.63) is 29.8 Å². The average molecular weight is 309 g/mol. The molecular formula is C15H19NO2S2. The van der Waals surface area contributed by atoms with Crippen LogP contribution in [-0.2, 0) is 11.2 Å². The molecular weight excluding hydrogens is 290 g/mol. The van der Waals surface area contributed by atoms with Gasteiger partial charge < -0.3 is 4.74 Å². The van der Waals surface area contributed by atoms with Gasteiger partial charge in [0.25, 0.3) is 0 Å². The molecule has 1 aliphatic heterocycles. The molecule has 0 unspecified atom stereocenters. The van der Waals surface area contributed by atoms with E-state index in [0.717, 1.165) is 17.1 Å². The number of rotatable bonds is 4. The Balaban J connectivity index is 2.08. The summed E-state index contributed by atoms with van der Waals surface area (Å²) in [6, 6.07) is 7.82. The van der Waals surface area contributed by atoms with Crippen LogP contribution in [0.4, 0.5) is 0 Å². The van der Waals surface area contributed by atoms with Gasteiger partial charge in [-0.3, -0.25) is 9.69 Å². The summed E-state index contributed by atoms with van der Waals surface area (Å²) in [5.41, 5.74) is 0.984. The summed E-state index contributed by atoms with van der Waals surface area (Å²) in [7, 11) is 1.63. The van der Waals surface area contributed by atoms with E-state index in [4.69, 9.17) is 17.0 Å². The number of hydrogen-bond donors (Lipinski definition) is 0. The molecule has 5 heteroatoms. The molecule has 1 heterocycles. The van der Waals surface area contributed by atoms with Gasteiger partial charge in [0.2, 0.25) is 5.91 Å². The van der Waals surface area contributed by atoms with E-state index >= 15 is 0 Å². The molecule has 1 fully saturated rings.